The summed E-state index contributed by atoms with van der Waals surface area (Å²) in [6, 6.07) is -0.614. The zero-order valence-corrected chi connectivity index (χ0v) is 35.2. The lowest BCUT2D eigenvalue weighted by Crippen LogP contribution is -2.50. The van der Waals surface area contributed by atoms with Crippen molar-refractivity contribution in [2.45, 2.75) is 206 Å². The highest BCUT2D eigenvalue weighted by atomic mass is 16.6. The summed E-state index contributed by atoms with van der Waals surface area (Å²) >= 11 is 0. The Hall–Kier alpha value is -2.19. The monoisotopic (exact) mass is 751 g/mol. The number of hydrogen-bond donors (Lipinski definition) is 1. The van der Waals surface area contributed by atoms with Crippen LogP contribution in [0, 0.1) is 0 Å². The normalized spacial score (nSPS) is 13.2. The van der Waals surface area contributed by atoms with Crippen molar-refractivity contribution in [2.24, 2.45) is 0 Å². The van der Waals surface area contributed by atoms with Crippen molar-refractivity contribution >= 4 is 17.9 Å². The SMILES string of the molecule is CCCCCC/C=C\CCCCCCCC(=O)OCC(COCCC(C(=O)O)[N+](C)(C)C)OC(=O)CCCCCCC/C=C\CCCCCCCCC. The van der Waals surface area contributed by atoms with Crippen molar-refractivity contribution in [2.75, 3.05) is 41.0 Å². The maximum absolute atomic E-state index is 12.7. The largest absolute Gasteiger partial charge is 0.477 e. The van der Waals surface area contributed by atoms with Crippen molar-refractivity contribution in [3.05, 3.63) is 24.3 Å². The molecular weight excluding hydrogens is 666 g/mol. The average molecular weight is 751 g/mol. The van der Waals surface area contributed by atoms with Crippen LogP contribution < -0.4 is 0 Å². The first-order valence-electron chi connectivity index (χ1n) is 21.9. The highest BCUT2D eigenvalue weighted by Crippen LogP contribution is 2.14. The van der Waals surface area contributed by atoms with E-state index in [9.17, 15) is 19.5 Å². The van der Waals surface area contributed by atoms with Gasteiger partial charge in [-0.15, -0.1) is 0 Å². The number of carboxylic acid groups (broad SMARTS) is 1. The number of carboxylic acids is 1. The molecule has 0 saturated heterocycles. The van der Waals surface area contributed by atoms with Crippen molar-refractivity contribution < 1.29 is 38.2 Å². The van der Waals surface area contributed by atoms with Crippen molar-refractivity contribution in [3.8, 4) is 0 Å². The fourth-order valence-corrected chi connectivity index (χ4v) is 6.37. The topological polar surface area (TPSA) is 99.1 Å². The molecule has 8 nitrogen and oxygen atoms in total. The van der Waals surface area contributed by atoms with E-state index in [1.54, 1.807) is 0 Å². The number of carbonyl (C=O) groups is 3. The molecule has 0 amide bonds. The molecule has 0 heterocycles. The molecule has 0 aromatic heterocycles. The standard InChI is InChI=1S/C45H83NO7/c1-6-8-10-12-14-16-18-20-21-22-24-26-28-30-32-34-36-44(48)53-41(39-51-38-37-42(45(49)50)46(3,4)5)40-52-43(47)35-33-31-29-27-25-23-19-17-15-13-11-9-7-2/h17,19,21-22,41-42H,6-16,18,20,23-40H2,1-5H3/p+1/b19-17-,22-21-. The van der Waals surface area contributed by atoms with Gasteiger partial charge in [0.1, 0.15) is 6.61 Å². The number of esters is 2. The Bertz CT molecular complexity index is 926. The van der Waals surface area contributed by atoms with Gasteiger partial charge in [-0.2, -0.15) is 0 Å². The summed E-state index contributed by atoms with van der Waals surface area (Å²) in [6.07, 6.45) is 39.3. The predicted molar refractivity (Wildman–Crippen MR) is 220 cm³/mol. The number of nitrogens with zero attached hydrogens (tertiary/aromatic N) is 1. The van der Waals surface area contributed by atoms with E-state index < -0.39 is 18.1 Å². The Morgan fingerprint density at radius 1 is 0.547 bits per heavy atom. The molecule has 0 aliphatic rings. The van der Waals surface area contributed by atoms with Crippen LogP contribution in [0.1, 0.15) is 194 Å². The minimum Gasteiger partial charge on any atom is -0.477 e. The molecule has 0 aliphatic carbocycles. The first-order chi connectivity index (χ1) is 25.6. The Morgan fingerprint density at radius 2 is 0.943 bits per heavy atom. The van der Waals surface area contributed by atoms with Crippen LogP contribution in [0.25, 0.3) is 0 Å². The quantitative estimate of drug-likeness (QED) is 0.0289. The third-order valence-corrected chi connectivity index (χ3v) is 9.82. The van der Waals surface area contributed by atoms with E-state index in [1.165, 1.54) is 96.3 Å². The van der Waals surface area contributed by atoms with Gasteiger partial charge in [-0.25, -0.2) is 4.79 Å². The summed E-state index contributed by atoms with van der Waals surface area (Å²) < 4.78 is 17.3. The first-order valence-corrected chi connectivity index (χ1v) is 21.9. The van der Waals surface area contributed by atoms with Gasteiger partial charge in [-0.1, -0.05) is 134 Å². The molecule has 0 aromatic carbocycles. The smallest absolute Gasteiger partial charge is 0.362 e. The van der Waals surface area contributed by atoms with Gasteiger partial charge in [0.25, 0.3) is 0 Å². The summed E-state index contributed by atoms with van der Waals surface area (Å²) in [5.74, 6) is -1.48. The highest BCUT2D eigenvalue weighted by molar-refractivity contribution is 5.72. The minimum absolute atomic E-state index is 0.0560. The summed E-state index contributed by atoms with van der Waals surface area (Å²) in [6.45, 7) is 4.71. The van der Waals surface area contributed by atoms with Crippen LogP contribution in [0.15, 0.2) is 24.3 Å². The zero-order chi connectivity index (χ0) is 39.3. The van der Waals surface area contributed by atoms with Crippen molar-refractivity contribution in [3.63, 3.8) is 0 Å². The maximum atomic E-state index is 12.7. The number of carbonyl (C=O) groups excluding carboxylic acids is 2. The number of hydrogen-bond acceptors (Lipinski definition) is 6. The van der Waals surface area contributed by atoms with Crippen LogP contribution in [-0.2, 0) is 28.6 Å². The second-order valence-corrected chi connectivity index (χ2v) is 15.9. The molecule has 0 aromatic rings. The molecule has 310 valence electrons. The van der Waals surface area contributed by atoms with E-state index in [-0.39, 0.29) is 36.2 Å². The van der Waals surface area contributed by atoms with Gasteiger partial charge >= 0.3 is 17.9 Å². The van der Waals surface area contributed by atoms with Crippen LogP contribution in [0.2, 0.25) is 0 Å². The van der Waals surface area contributed by atoms with Gasteiger partial charge in [-0.05, 0) is 64.2 Å². The molecule has 2 unspecified atom stereocenters. The fraction of sp³-hybridized carbons (Fsp3) is 0.844. The molecule has 0 fully saturated rings. The molecular formula is C45H84NO7+. The maximum Gasteiger partial charge on any atom is 0.362 e. The van der Waals surface area contributed by atoms with Gasteiger partial charge < -0.3 is 23.8 Å². The average Bonchev–Trinajstić information content (AvgIpc) is 3.11. The highest BCUT2D eigenvalue weighted by Gasteiger charge is 2.31. The number of allylic oxidation sites excluding steroid dienone is 4. The third kappa shape index (κ3) is 35.3. The molecule has 0 spiro atoms. The molecule has 8 heteroatoms. The number of aliphatic carboxylic acids is 1. The number of unbranched alkanes of at least 4 members (excludes halogenated alkanes) is 21. The van der Waals surface area contributed by atoms with Gasteiger partial charge in [0.05, 0.1) is 34.4 Å². The van der Waals surface area contributed by atoms with Gasteiger partial charge in [0.15, 0.2) is 12.1 Å². The Morgan fingerprint density at radius 3 is 1.38 bits per heavy atom. The van der Waals surface area contributed by atoms with Crippen molar-refractivity contribution in [1.82, 2.24) is 0 Å². The number of ether oxygens (including phenoxy) is 3. The first kappa shape index (κ1) is 50.8. The molecule has 2 atom stereocenters. The van der Waals surface area contributed by atoms with Crippen LogP contribution in [0.3, 0.4) is 0 Å². The summed E-state index contributed by atoms with van der Waals surface area (Å²) in [7, 11) is 5.52. The minimum atomic E-state index is -0.877. The Balaban J connectivity index is 4.37. The van der Waals surface area contributed by atoms with E-state index in [1.807, 2.05) is 21.1 Å². The fourth-order valence-electron chi connectivity index (χ4n) is 6.37. The van der Waals surface area contributed by atoms with E-state index in [4.69, 9.17) is 14.2 Å². The van der Waals surface area contributed by atoms with E-state index in [0.717, 1.165) is 64.2 Å². The second kappa shape index (κ2) is 36.8. The molecule has 0 rings (SSSR count). The molecule has 0 saturated carbocycles. The van der Waals surface area contributed by atoms with Crippen LogP contribution in [0.5, 0.6) is 0 Å². The van der Waals surface area contributed by atoms with E-state index in [0.29, 0.717) is 19.3 Å². The molecule has 0 bridgehead atoms. The van der Waals surface area contributed by atoms with Gasteiger partial charge in [0.2, 0.25) is 0 Å². The molecule has 1 N–H and O–H groups in total. The lowest BCUT2D eigenvalue weighted by molar-refractivity contribution is -0.887. The summed E-state index contributed by atoms with van der Waals surface area (Å²) in [5.41, 5.74) is 0. The van der Waals surface area contributed by atoms with Crippen LogP contribution >= 0.6 is 0 Å². The Labute approximate surface area is 326 Å². The summed E-state index contributed by atoms with van der Waals surface area (Å²) in [5, 5.41) is 9.61. The molecule has 53 heavy (non-hydrogen) atoms. The summed E-state index contributed by atoms with van der Waals surface area (Å²) in [4.78, 5) is 36.9. The number of rotatable bonds is 39. The van der Waals surface area contributed by atoms with Gasteiger partial charge in [-0.3, -0.25) is 9.59 Å². The second-order valence-electron chi connectivity index (χ2n) is 15.9. The number of likely N-dealkylation sites (N-methyl/N-ethyl adjacent to an activating group) is 1. The molecule has 0 aliphatic heterocycles. The lowest BCUT2D eigenvalue weighted by atomic mass is 10.1. The van der Waals surface area contributed by atoms with Gasteiger partial charge in [0, 0.05) is 19.3 Å². The van der Waals surface area contributed by atoms with Crippen molar-refractivity contribution in [1.29, 1.82) is 0 Å². The molecule has 0 radical (unpaired) electrons. The Kier molecular flexibility index (Phi) is 35.2. The lowest BCUT2D eigenvalue weighted by Gasteiger charge is -2.31. The third-order valence-electron chi connectivity index (χ3n) is 9.82. The van der Waals surface area contributed by atoms with E-state index in [2.05, 4.69) is 38.2 Å². The van der Waals surface area contributed by atoms with Crippen LogP contribution in [-0.4, -0.2) is 80.6 Å². The predicted octanol–water partition coefficient (Wildman–Crippen LogP) is 11.7. The van der Waals surface area contributed by atoms with Crippen LogP contribution in [0.4, 0.5) is 0 Å². The zero-order valence-electron chi connectivity index (χ0n) is 35.2. The van der Waals surface area contributed by atoms with E-state index >= 15 is 0 Å². The number of quaternary nitrogens is 1.